The van der Waals surface area contributed by atoms with Gasteiger partial charge in [-0.15, -0.1) is 11.6 Å². The Hall–Kier alpha value is -0.820. The van der Waals surface area contributed by atoms with Crippen LogP contribution >= 0.6 is 0 Å². The molecule has 2 aromatic carbocycles. The zero-order chi connectivity index (χ0) is 15.1. The van der Waals surface area contributed by atoms with Crippen LogP contribution in [0.25, 0.3) is 6.08 Å². The molecule has 2 aromatic rings. The van der Waals surface area contributed by atoms with E-state index in [1.54, 1.807) is 0 Å². The van der Waals surface area contributed by atoms with Crippen LogP contribution in [0.1, 0.15) is 60.8 Å². The van der Waals surface area contributed by atoms with Gasteiger partial charge in [0.05, 0.1) is 0 Å². The number of hydrogen-bond acceptors (Lipinski definition) is 0. The fourth-order valence-electron chi connectivity index (χ4n) is 2.73. The Balaban J connectivity index is -0.000000130. The fraction of sp³-hybridized carbons (Fsp3) is 0.308. The van der Waals surface area contributed by atoms with Crippen LogP contribution in [-0.4, -0.2) is 0 Å². The first kappa shape index (κ1) is 37.0. The first-order valence-electron chi connectivity index (χ1n) is 8.09. The summed E-state index contributed by atoms with van der Waals surface area (Å²) in [5.41, 5.74) is 5.70. The largest absolute Gasteiger partial charge is 0.358 e. The van der Waals surface area contributed by atoms with Gasteiger partial charge in [-0.2, -0.15) is 23.8 Å². The quantitative estimate of drug-likeness (QED) is 0.211. The standard InChI is InChI=1S/C16H21.C5H5.5CH3.Hf/c1-4-5-6-7-14-8-9-15-10-12(2)13(3)11-16(14)15;1-2-4-5-3-1;;;;;;/h9-11,14H,4-7H2,1-3H3;1-5H;5*1H3;/q7*-1;. The minimum Gasteiger partial charge on any atom is -0.358 e. The molecule has 0 heterocycles. The van der Waals surface area contributed by atoms with Gasteiger partial charge in [0.25, 0.3) is 0 Å². The Kier molecular flexibility index (Phi) is 27.3. The number of unbranched alkanes of at least 4 members (excludes halogenated alkanes) is 2. The molecule has 0 aliphatic heterocycles. The van der Waals surface area contributed by atoms with Gasteiger partial charge < -0.3 is 37.1 Å². The van der Waals surface area contributed by atoms with E-state index in [4.69, 9.17) is 0 Å². The summed E-state index contributed by atoms with van der Waals surface area (Å²) in [6.07, 6.45) is 10.9. The number of aryl methyl sites for hydroxylation is 2. The number of rotatable bonds is 4. The molecule has 27 heavy (non-hydrogen) atoms. The third-order valence-corrected chi connectivity index (χ3v) is 4.17. The smallest absolute Gasteiger partial charge is 0 e. The molecular weight excluding hydrogens is 491 g/mol. The second-order valence-electron chi connectivity index (χ2n) is 5.89. The molecule has 0 fully saturated rings. The molecule has 1 aliphatic carbocycles. The number of hydrogen-bond donors (Lipinski definition) is 0. The van der Waals surface area contributed by atoms with Gasteiger partial charge in [-0.25, -0.2) is 18.2 Å². The van der Waals surface area contributed by atoms with Crippen molar-refractivity contribution in [2.45, 2.75) is 52.4 Å². The first-order chi connectivity index (χ1) is 10.2. The summed E-state index contributed by atoms with van der Waals surface area (Å²) >= 11 is 0. The zero-order valence-electron chi connectivity index (χ0n) is 19.0. The van der Waals surface area contributed by atoms with Crippen molar-refractivity contribution in [1.29, 1.82) is 0 Å². The summed E-state index contributed by atoms with van der Waals surface area (Å²) in [6.45, 7) is 6.65. The predicted molar refractivity (Wildman–Crippen MR) is 125 cm³/mol. The fourth-order valence-corrected chi connectivity index (χ4v) is 2.73. The number of benzene rings is 1. The minimum atomic E-state index is 0. The van der Waals surface area contributed by atoms with Crippen molar-refractivity contribution in [2.24, 2.45) is 0 Å². The van der Waals surface area contributed by atoms with Crippen molar-refractivity contribution >= 4 is 6.08 Å². The van der Waals surface area contributed by atoms with Crippen LogP contribution < -0.4 is 0 Å². The SMILES string of the molecule is CCCCCC1[C-]=Cc2cc(C)c(C)cc21.[CH3-].[CH3-].[CH3-].[CH3-].[CH3-].[Hf].c1cc[cH-]c1. The summed E-state index contributed by atoms with van der Waals surface area (Å²) in [4.78, 5) is 0. The summed E-state index contributed by atoms with van der Waals surface area (Å²) in [6, 6.07) is 14.7. The molecule has 0 aromatic heterocycles. The summed E-state index contributed by atoms with van der Waals surface area (Å²) in [7, 11) is 0. The van der Waals surface area contributed by atoms with E-state index in [0.29, 0.717) is 5.92 Å². The molecule has 3 rings (SSSR count). The molecule has 0 saturated heterocycles. The molecule has 1 unspecified atom stereocenters. The molecule has 0 bridgehead atoms. The molecule has 1 heteroatoms. The Morgan fingerprint density at radius 1 is 0.889 bits per heavy atom. The van der Waals surface area contributed by atoms with Crippen LogP contribution in [0.3, 0.4) is 0 Å². The van der Waals surface area contributed by atoms with Gasteiger partial charge in [-0.05, 0) is 13.8 Å². The molecule has 0 N–H and O–H groups in total. The van der Waals surface area contributed by atoms with E-state index < -0.39 is 0 Å². The van der Waals surface area contributed by atoms with Gasteiger partial charge in [0.15, 0.2) is 0 Å². The van der Waals surface area contributed by atoms with E-state index in [2.05, 4.69) is 45.1 Å². The topological polar surface area (TPSA) is 0 Å². The van der Waals surface area contributed by atoms with E-state index in [9.17, 15) is 0 Å². The second kappa shape index (κ2) is 19.9. The molecule has 1 aliphatic rings. The van der Waals surface area contributed by atoms with Gasteiger partial charge in [0, 0.05) is 25.8 Å². The normalized spacial score (nSPS) is 12.0. The maximum Gasteiger partial charge on any atom is 0 e. The van der Waals surface area contributed by atoms with E-state index in [1.165, 1.54) is 47.9 Å². The Morgan fingerprint density at radius 2 is 1.44 bits per heavy atom. The van der Waals surface area contributed by atoms with E-state index in [-0.39, 0.29) is 63.0 Å². The van der Waals surface area contributed by atoms with Crippen molar-refractivity contribution < 1.29 is 25.8 Å². The maximum absolute atomic E-state index is 3.51. The van der Waals surface area contributed by atoms with Crippen molar-refractivity contribution in [2.75, 3.05) is 0 Å². The van der Waals surface area contributed by atoms with Gasteiger partial charge >= 0.3 is 0 Å². The van der Waals surface area contributed by atoms with E-state index >= 15 is 0 Å². The van der Waals surface area contributed by atoms with Crippen molar-refractivity contribution in [3.05, 3.63) is 108 Å². The number of allylic oxidation sites excluding steroid dienone is 1. The van der Waals surface area contributed by atoms with E-state index in [1.807, 2.05) is 30.3 Å². The third kappa shape index (κ3) is 11.6. The van der Waals surface area contributed by atoms with Crippen LogP contribution in [0, 0.1) is 57.1 Å². The molecule has 156 valence electrons. The summed E-state index contributed by atoms with van der Waals surface area (Å²) in [5.74, 6) is 0.556. The monoisotopic (exact) mass is 533 g/mol. The van der Waals surface area contributed by atoms with Gasteiger partial charge in [0.2, 0.25) is 0 Å². The zero-order valence-corrected chi connectivity index (χ0v) is 22.6. The van der Waals surface area contributed by atoms with Crippen LogP contribution in [0.2, 0.25) is 0 Å². The number of fused-ring (bicyclic) bond motifs is 1. The average Bonchev–Trinajstić information content (AvgIpc) is 3.14. The van der Waals surface area contributed by atoms with Crippen molar-refractivity contribution in [3.63, 3.8) is 0 Å². The Labute approximate surface area is 191 Å². The molecule has 0 radical (unpaired) electrons. The maximum atomic E-state index is 3.51. The van der Waals surface area contributed by atoms with E-state index in [0.717, 1.165) is 0 Å². The second-order valence-corrected chi connectivity index (χ2v) is 5.89. The predicted octanol–water partition coefficient (Wildman–Crippen LogP) is 8.45. The minimum absolute atomic E-state index is 0. The van der Waals surface area contributed by atoms with Crippen LogP contribution in [0.4, 0.5) is 0 Å². The molecule has 0 saturated carbocycles. The van der Waals surface area contributed by atoms with Gasteiger partial charge in [-0.3, -0.25) is 6.08 Å². The molecular formula is C26H41Hf-7. The van der Waals surface area contributed by atoms with Crippen molar-refractivity contribution in [3.8, 4) is 0 Å². The van der Waals surface area contributed by atoms with Gasteiger partial charge in [-0.1, -0.05) is 55.7 Å². The van der Waals surface area contributed by atoms with Crippen LogP contribution in [0.5, 0.6) is 0 Å². The molecule has 0 spiro atoms. The van der Waals surface area contributed by atoms with Crippen molar-refractivity contribution in [1.82, 2.24) is 0 Å². The average molecular weight is 532 g/mol. The summed E-state index contributed by atoms with van der Waals surface area (Å²) < 4.78 is 0. The molecule has 0 nitrogen and oxygen atoms in total. The van der Waals surface area contributed by atoms with Gasteiger partial charge in [0.1, 0.15) is 0 Å². The van der Waals surface area contributed by atoms with Crippen LogP contribution in [0.15, 0.2) is 42.5 Å². The van der Waals surface area contributed by atoms with Crippen LogP contribution in [-0.2, 0) is 25.8 Å². The third-order valence-electron chi connectivity index (χ3n) is 4.17. The molecule has 1 atom stereocenters. The Morgan fingerprint density at radius 3 is 1.93 bits per heavy atom. The molecule has 0 amide bonds. The first-order valence-corrected chi connectivity index (χ1v) is 8.09. The Bertz CT molecular complexity index is 547. The summed E-state index contributed by atoms with van der Waals surface area (Å²) in [5, 5.41) is 0.